The van der Waals surface area contributed by atoms with Crippen LogP contribution in [0.25, 0.3) is 0 Å². The van der Waals surface area contributed by atoms with Crippen molar-refractivity contribution >= 4 is 11.9 Å². The summed E-state index contributed by atoms with van der Waals surface area (Å²) in [6.07, 6.45) is -0.556. The van der Waals surface area contributed by atoms with Gasteiger partial charge in [0.1, 0.15) is 11.4 Å². The highest BCUT2D eigenvalue weighted by Crippen LogP contribution is 2.25. The van der Waals surface area contributed by atoms with Crippen LogP contribution < -0.4 is 5.73 Å². The molecule has 0 atom stereocenters. The van der Waals surface area contributed by atoms with Gasteiger partial charge in [-0.1, -0.05) is 0 Å². The molecule has 1 aromatic heterocycles. The molecule has 0 bridgehead atoms. The number of rotatable bonds is 0. The van der Waals surface area contributed by atoms with Crippen molar-refractivity contribution in [2.45, 2.75) is 39.6 Å². The van der Waals surface area contributed by atoms with Crippen molar-refractivity contribution in [3.63, 3.8) is 0 Å². The Bertz CT molecular complexity index is 431. The molecule has 0 unspecified atom stereocenters. The van der Waals surface area contributed by atoms with Crippen molar-refractivity contribution in [3.05, 3.63) is 11.3 Å². The topological polar surface area (TPSA) is 79.4 Å². The zero-order chi connectivity index (χ0) is 11.9. The Labute approximate surface area is 93.3 Å². The van der Waals surface area contributed by atoms with Crippen LogP contribution in [0.5, 0.6) is 0 Å². The van der Waals surface area contributed by atoms with Crippen LogP contribution in [-0.4, -0.2) is 21.5 Å². The number of anilines is 1. The number of carbonyl (C=O) groups is 1. The monoisotopic (exact) mass is 225 g/mol. The van der Waals surface area contributed by atoms with Gasteiger partial charge in [-0.15, -0.1) is 4.68 Å². The summed E-state index contributed by atoms with van der Waals surface area (Å²) in [7, 11) is 0. The summed E-state index contributed by atoms with van der Waals surface area (Å²) < 4.78 is 11.4. The average Bonchev–Trinajstić information content (AvgIpc) is 2.66. The van der Waals surface area contributed by atoms with Crippen molar-refractivity contribution in [1.82, 2.24) is 9.78 Å². The molecule has 1 aromatic rings. The maximum atomic E-state index is 11.7. The minimum Gasteiger partial charge on any atom is -0.442 e. The Morgan fingerprint density at radius 2 is 2.19 bits per heavy atom. The van der Waals surface area contributed by atoms with Crippen molar-refractivity contribution in [2.75, 3.05) is 5.73 Å². The lowest BCUT2D eigenvalue weighted by atomic mass is 10.2. The number of nitrogens with zero attached hydrogens (tertiary/aromatic N) is 2. The molecule has 6 heteroatoms. The van der Waals surface area contributed by atoms with Gasteiger partial charge in [0.25, 0.3) is 0 Å². The number of aromatic nitrogens is 2. The number of fused-ring (bicyclic) bond motifs is 1. The van der Waals surface area contributed by atoms with Gasteiger partial charge in [0.2, 0.25) is 0 Å². The molecule has 2 heterocycles. The quantitative estimate of drug-likeness (QED) is 0.719. The fourth-order valence-corrected chi connectivity index (χ4v) is 1.48. The lowest BCUT2D eigenvalue weighted by molar-refractivity contribution is 0.0513. The van der Waals surface area contributed by atoms with Crippen molar-refractivity contribution in [3.8, 4) is 0 Å². The minimum absolute atomic E-state index is 0.307. The Kier molecular flexibility index (Phi) is 2.38. The first kappa shape index (κ1) is 10.9. The molecule has 88 valence electrons. The van der Waals surface area contributed by atoms with E-state index >= 15 is 0 Å². The highest BCUT2D eigenvalue weighted by atomic mass is 16.6. The molecule has 0 aromatic carbocycles. The van der Waals surface area contributed by atoms with Crippen molar-refractivity contribution in [1.29, 1.82) is 0 Å². The lowest BCUT2D eigenvalue weighted by Gasteiger charge is -2.19. The molecule has 0 amide bonds. The molecule has 1 aliphatic rings. The van der Waals surface area contributed by atoms with Gasteiger partial charge in [0.05, 0.1) is 18.9 Å². The molecule has 0 fully saturated rings. The molecule has 2 N–H and O–H groups in total. The summed E-state index contributed by atoms with van der Waals surface area (Å²) in [5.74, 6) is 0.307. The van der Waals surface area contributed by atoms with Crippen LogP contribution in [0, 0.1) is 0 Å². The number of carbonyl (C=O) groups excluding carboxylic acids is 1. The standard InChI is InChI=1S/C10H15N3O3/c1-10(2,3)16-9(14)13-8(11)6-4-15-5-7(6)12-13/h4-5,11H2,1-3H3. The highest BCUT2D eigenvalue weighted by molar-refractivity contribution is 5.75. The molecule has 1 aliphatic heterocycles. The number of ether oxygens (including phenoxy) is 2. The van der Waals surface area contributed by atoms with E-state index in [0.29, 0.717) is 24.7 Å². The molecule has 16 heavy (non-hydrogen) atoms. The van der Waals surface area contributed by atoms with E-state index in [1.165, 1.54) is 0 Å². The number of nitrogen functional groups attached to an aromatic ring is 1. The summed E-state index contributed by atoms with van der Waals surface area (Å²) in [5, 5.41) is 4.07. The van der Waals surface area contributed by atoms with Crippen LogP contribution in [-0.2, 0) is 22.7 Å². The smallest absolute Gasteiger partial charge is 0.437 e. The summed E-state index contributed by atoms with van der Waals surface area (Å²) in [6.45, 7) is 6.18. The SMILES string of the molecule is CC(C)(C)OC(=O)n1nc2c(c1N)COC2. The predicted molar refractivity (Wildman–Crippen MR) is 56.8 cm³/mol. The fraction of sp³-hybridized carbons (Fsp3) is 0.600. The summed E-state index contributed by atoms with van der Waals surface area (Å²) in [6, 6.07) is 0. The van der Waals surface area contributed by atoms with E-state index in [-0.39, 0.29) is 0 Å². The van der Waals surface area contributed by atoms with Gasteiger partial charge in [-0.25, -0.2) is 4.79 Å². The van der Waals surface area contributed by atoms with Gasteiger partial charge in [-0.05, 0) is 20.8 Å². The zero-order valence-corrected chi connectivity index (χ0v) is 9.61. The molecule has 0 radical (unpaired) electrons. The van der Waals surface area contributed by atoms with E-state index in [2.05, 4.69) is 5.10 Å². The average molecular weight is 225 g/mol. The Morgan fingerprint density at radius 1 is 1.50 bits per heavy atom. The zero-order valence-electron chi connectivity index (χ0n) is 9.61. The second kappa shape index (κ2) is 3.48. The largest absolute Gasteiger partial charge is 0.442 e. The van der Waals surface area contributed by atoms with Gasteiger partial charge in [0, 0.05) is 5.56 Å². The van der Waals surface area contributed by atoms with Crippen LogP contribution in [0.15, 0.2) is 0 Å². The number of nitrogens with two attached hydrogens (primary N) is 1. The van der Waals surface area contributed by atoms with Gasteiger partial charge in [-0.3, -0.25) is 0 Å². The van der Waals surface area contributed by atoms with E-state index in [1.54, 1.807) is 20.8 Å². The third-order valence-electron chi connectivity index (χ3n) is 2.16. The van der Waals surface area contributed by atoms with Crippen LogP contribution in [0.4, 0.5) is 10.6 Å². The molecular formula is C10H15N3O3. The Hall–Kier alpha value is -1.56. The first-order chi connectivity index (χ1) is 7.38. The van der Waals surface area contributed by atoms with Gasteiger partial charge >= 0.3 is 6.09 Å². The van der Waals surface area contributed by atoms with Crippen LogP contribution in [0.1, 0.15) is 32.0 Å². The van der Waals surface area contributed by atoms with E-state index in [9.17, 15) is 4.79 Å². The maximum Gasteiger partial charge on any atom is 0.437 e. The first-order valence-corrected chi connectivity index (χ1v) is 5.06. The number of hydrogen-bond donors (Lipinski definition) is 1. The second-order valence-electron chi connectivity index (χ2n) is 4.70. The third kappa shape index (κ3) is 1.88. The van der Waals surface area contributed by atoms with Crippen molar-refractivity contribution in [2.24, 2.45) is 0 Å². The third-order valence-corrected chi connectivity index (χ3v) is 2.16. The molecule has 0 spiro atoms. The van der Waals surface area contributed by atoms with E-state index in [4.69, 9.17) is 15.2 Å². The summed E-state index contributed by atoms with van der Waals surface area (Å²) in [5.41, 5.74) is 6.73. The van der Waals surface area contributed by atoms with E-state index < -0.39 is 11.7 Å². The fourth-order valence-electron chi connectivity index (χ4n) is 1.48. The summed E-state index contributed by atoms with van der Waals surface area (Å²) in [4.78, 5) is 11.7. The lowest BCUT2D eigenvalue weighted by Crippen LogP contribution is -2.28. The van der Waals surface area contributed by atoms with E-state index in [1.807, 2.05) is 0 Å². The van der Waals surface area contributed by atoms with Crippen LogP contribution in [0.3, 0.4) is 0 Å². The second-order valence-corrected chi connectivity index (χ2v) is 4.70. The molecular weight excluding hydrogens is 210 g/mol. The van der Waals surface area contributed by atoms with E-state index in [0.717, 1.165) is 10.2 Å². The van der Waals surface area contributed by atoms with Crippen molar-refractivity contribution < 1.29 is 14.3 Å². The number of hydrogen-bond acceptors (Lipinski definition) is 5. The molecule has 0 saturated carbocycles. The Morgan fingerprint density at radius 3 is 2.75 bits per heavy atom. The van der Waals surface area contributed by atoms with Crippen LogP contribution in [0.2, 0.25) is 0 Å². The van der Waals surface area contributed by atoms with Crippen LogP contribution >= 0.6 is 0 Å². The molecule has 0 saturated heterocycles. The maximum absolute atomic E-state index is 11.7. The summed E-state index contributed by atoms with van der Waals surface area (Å²) >= 11 is 0. The minimum atomic E-state index is -0.559. The van der Waals surface area contributed by atoms with Gasteiger partial charge in [0.15, 0.2) is 0 Å². The van der Waals surface area contributed by atoms with Gasteiger partial charge in [-0.2, -0.15) is 5.10 Å². The Balaban J connectivity index is 2.25. The molecule has 2 rings (SSSR count). The highest BCUT2D eigenvalue weighted by Gasteiger charge is 2.26. The first-order valence-electron chi connectivity index (χ1n) is 5.06. The predicted octanol–water partition coefficient (Wildman–Crippen LogP) is 1.28. The normalized spacial score (nSPS) is 14.9. The molecule has 6 nitrogen and oxygen atoms in total. The van der Waals surface area contributed by atoms with Gasteiger partial charge < -0.3 is 15.2 Å². The molecule has 0 aliphatic carbocycles.